The van der Waals surface area contributed by atoms with E-state index in [9.17, 15) is 4.39 Å². The van der Waals surface area contributed by atoms with Crippen LogP contribution in [0.2, 0.25) is 0 Å². The van der Waals surface area contributed by atoms with Crippen LogP contribution in [-0.2, 0) is 10.2 Å². The molecule has 0 bridgehead atoms. The third kappa shape index (κ3) is 5.70. The van der Waals surface area contributed by atoms with E-state index in [2.05, 4.69) is 37.9 Å². The Hall–Kier alpha value is -1.62. The summed E-state index contributed by atoms with van der Waals surface area (Å²) in [5.41, 5.74) is 0.960. The van der Waals surface area contributed by atoms with E-state index in [1.54, 1.807) is 0 Å². The van der Waals surface area contributed by atoms with Gasteiger partial charge in [0.1, 0.15) is 5.82 Å². The van der Waals surface area contributed by atoms with Gasteiger partial charge in [0.25, 0.3) is 0 Å². The molecule has 1 aliphatic rings. The molecule has 0 aliphatic carbocycles. The summed E-state index contributed by atoms with van der Waals surface area (Å²) in [6.07, 6.45) is 2.46. The molecular formula is C20H32FN3O. The summed E-state index contributed by atoms with van der Waals surface area (Å²) in [5.74, 6) is 0.765. The molecule has 0 spiro atoms. The zero-order chi connectivity index (χ0) is 18.3. The molecule has 1 aliphatic heterocycles. The second kappa shape index (κ2) is 9.18. The standard InChI is InChI=1S/C20H32FN3O/c1-5-22-19(24-13-11-18(12-14-24)25-6-2)23-15-20(3,4)16-7-9-17(21)10-8-16/h7-10,18H,5-6,11-15H2,1-4H3,(H,22,23). The number of benzene rings is 1. The number of nitrogens with one attached hydrogen (secondary N) is 1. The van der Waals surface area contributed by atoms with Crippen LogP contribution >= 0.6 is 0 Å². The van der Waals surface area contributed by atoms with Crippen LogP contribution in [0.3, 0.4) is 0 Å². The van der Waals surface area contributed by atoms with Crippen LogP contribution in [0, 0.1) is 5.82 Å². The highest BCUT2D eigenvalue weighted by atomic mass is 19.1. The highest BCUT2D eigenvalue weighted by Crippen LogP contribution is 2.24. The Labute approximate surface area is 151 Å². The van der Waals surface area contributed by atoms with Gasteiger partial charge in [-0.1, -0.05) is 26.0 Å². The van der Waals surface area contributed by atoms with Crippen LogP contribution in [0.4, 0.5) is 4.39 Å². The molecule has 5 heteroatoms. The number of halogens is 1. The van der Waals surface area contributed by atoms with Gasteiger partial charge in [-0.05, 0) is 44.4 Å². The van der Waals surface area contributed by atoms with Crippen LogP contribution in [0.1, 0.15) is 46.1 Å². The van der Waals surface area contributed by atoms with Crippen LogP contribution in [-0.4, -0.2) is 49.7 Å². The predicted molar refractivity (Wildman–Crippen MR) is 102 cm³/mol. The van der Waals surface area contributed by atoms with Gasteiger partial charge < -0.3 is 15.0 Å². The maximum Gasteiger partial charge on any atom is 0.193 e. The largest absolute Gasteiger partial charge is 0.378 e. The van der Waals surface area contributed by atoms with E-state index >= 15 is 0 Å². The fraction of sp³-hybridized carbons (Fsp3) is 0.650. The van der Waals surface area contributed by atoms with Gasteiger partial charge in [-0.25, -0.2) is 4.39 Å². The van der Waals surface area contributed by atoms with Crippen LogP contribution < -0.4 is 5.32 Å². The van der Waals surface area contributed by atoms with Gasteiger partial charge in [0, 0.05) is 31.7 Å². The van der Waals surface area contributed by atoms with E-state index in [4.69, 9.17) is 9.73 Å². The van der Waals surface area contributed by atoms with Crippen molar-refractivity contribution in [1.29, 1.82) is 0 Å². The second-order valence-electron chi connectivity index (χ2n) is 7.20. The minimum atomic E-state index is -0.200. The summed E-state index contributed by atoms with van der Waals surface area (Å²) in [6, 6.07) is 6.74. The summed E-state index contributed by atoms with van der Waals surface area (Å²) < 4.78 is 18.9. The molecular weight excluding hydrogens is 317 g/mol. The number of hydrogen-bond acceptors (Lipinski definition) is 2. The molecule has 0 unspecified atom stereocenters. The average molecular weight is 349 g/mol. The molecule has 0 amide bonds. The van der Waals surface area contributed by atoms with Gasteiger partial charge in [-0.3, -0.25) is 4.99 Å². The number of guanidine groups is 1. The van der Waals surface area contributed by atoms with Gasteiger partial charge in [0.2, 0.25) is 0 Å². The number of nitrogens with zero attached hydrogens (tertiary/aromatic N) is 2. The second-order valence-corrected chi connectivity index (χ2v) is 7.20. The van der Waals surface area contributed by atoms with Gasteiger partial charge in [0.15, 0.2) is 5.96 Å². The molecule has 4 nitrogen and oxygen atoms in total. The molecule has 0 radical (unpaired) electrons. The number of rotatable bonds is 6. The van der Waals surface area contributed by atoms with Crippen molar-refractivity contribution in [1.82, 2.24) is 10.2 Å². The van der Waals surface area contributed by atoms with E-state index in [1.165, 1.54) is 12.1 Å². The van der Waals surface area contributed by atoms with E-state index in [0.717, 1.165) is 50.6 Å². The van der Waals surface area contributed by atoms with Crippen molar-refractivity contribution in [3.63, 3.8) is 0 Å². The zero-order valence-corrected chi connectivity index (χ0v) is 16.0. The lowest BCUT2D eigenvalue weighted by Gasteiger charge is -2.34. The molecule has 1 aromatic rings. The SMILES string of the molecule is CCNC(=NCC(C)(C)c1ccc(F)cc1)N1CCC(OCC)CC1. The Balaban J connectivity index is 2.02. The first-order valence-corrected chi connectivity index (χ1v) is 9.37. The van der Waals surface area contributed by atoms with E-state index in [-0.39, 0.29) is 11.2 Å². The minimum Gasteiger partial charge on any atom is -0.378 e. The summed E-state index contributed by atoms with van der Waals surface area (Å²) in [4.78, 5) is 7.19. The summed E-state index contributed by atoms with van der Waals surface area (Å²) in [5, 5.41) is 3.41. The van der Waals surface area contributed by atoms with Crippen LogP contribution in [0.25, 0.3) is 0 Å². The Kier molecular flexibility index (Phi) is 7.24. The lowest BCUT2D eigenvalue weighted by atomic mass is 9.85. The molecule has 1 fully saturated rings. The van der Waals surface area contributed by atoms with Crippen molar-refractivity contribution >= 4 is 5.96 Å². The van der Waals surface area contributed by atoms with Crippen LogP contribution in [0.15, 0.2) is 29.3 Å². The van der Waals surface area contributed by atoms with Crippen molar-refractivity contribution in [2.24, 2.45) is 4.99 Å². The molecule has 140 valence electrons. The van der Waals surface area contributed by atoms with Gasteiger partial charge in [-0.2, -0.15) is 0 Å². The average Bonchev–Trinajstić information content (AvgIpc) is 2.60. The van der Waals surface area contributed by atoms with Crippen LogP contribution in [0.5, 0.6) is 0 Å². The van der Waals surface area contributed by atoms with Crippen molar-refractivity contribution in [2.75, 3.05) is 32.8 Å². The Morgan fingerprint density at radius 3 is 2.44 bits per heavy atom. The topological polar surface area (TPSA) is 36.9 Å². The number of hydrogen-bond donors (Lipinski definition) is 1. The molecule has 1 saturated heterocycles. The maximum absolute atomic E-state index is 13.2. The zero-order valence-electron chi connectivity index (χ0n) is 16.0. The molecule has 0 aromatic heterocycles. The monoisotopic (exact) mass is 349 g/mol. The Morgan fingerprint density at radius 1 is 1.24 bits per heavy atom. The molecule has 0 saturated carbocycles. The molecule has 1 aromatic carbocycles. The highest BCUT2D eigenvalue weighted by molar-refractivity contribution is 5.80. The summed E-state index contributed by atoms with van der Waals surface area (Å²) in [7, 11) is 0. The highest BCUT2D eigenvalue weighted by Gasteiger charge is 2.24. The predicted octanol–water partition coefficient (Wildman–Crippen LogP) is 3.57. The first-order valence-electron chi connectivity index (χ1n) is 9.37. The quantitative estimate of drug-likeness (QED) is 0.630. The smallest absolute Gasteiger partial charge is 0.193 e. The minimum absolute atomic E-state index is 0.141. The first kappa shape index (κ1) is 19.7. The molecule has 0 atom stereocenters. The molecule has 25 heavy (non-hydrogen) atoms. The van der Waals surface area contributed by atoms with E-state index in [0.29, 0.717) is 12.6 Å². The molecule has 1 heterocycles. The van der Waals surface area contributed by atoms with Crippen molar-refractivity contribution < 1.29 is 9.13 Å². The number of aliphatic imine (C=N–C) groups is 1. The van der Waals surface area contributed by atoms with Gasteiger partial charge >= 0.3 is 0 Å². The Bertz CT molecular complexity index is 549. The first-order chi connectivity index (χ1) is 12.0. The van der Waals surface area contributed by atoms with E-state index in [1.807, 2.05) is 12.1 Å². The normalized spacial score (nSPS) is 17.0. The van der Waals surface area contributed by atoms with Gasteiger partial charge in [0.05, 0.1) is 12.6 Å². The summed E-state index contributed by atoms with van der Waals surface area (Å²) >= 11 is 0. The fourth-order valence-electron chi connectivity index (χ4n) is 3.16. The van der Waals surface area contributed by atoms with Crippen molar-refractivity contribution in [3.05, 3.63) is 35.6 Å². The summed E-state index contributed by atoms with van der Waals surface area (Å²) in [6.45, 7) is 12.7. The maximum atomic E-state index is 13.2. The third-order valence-electron chi connectivity index (χ3n) is 4.73. The van der Waals surface area contributed by atoms with Crippen molar-refractivity contribution in [3.8, 4) is 0 Å². The molecule has 2 rings (SSSR count). The van der Waals surface area contributed by atoms with E-state index < -0.39 is 0 Å². The third-order valence-corrected chi connectivity index (χ3v) is 4.73. The Morgan fingerprint density at radius 2 is 1.88 bits per heavy atom. The van der Waals surface area contributed by atoms with Gasteiger partial charge in [-0.15, -0.1) is 0 Å². The number of likely N-dealkylation sites (tertiary alicyclic amines) is 1. The number of piperidine rings is 1. The lowest BCUT2D eigenvalue weighted by molar-refractivity contribution is 0.0263. The lowest BCUT2D eigenvalue weighted by Crippen LogP contribution is -2.47. The fourth-order valence-corrected chi connectivity index (χ4v) is 3.16. The number of ether oxygens (including phenoxy) is 1. The van der Waals surface area contributed by atoms with Crippen molar-refractivity contribution in [2.45, 2.75) is 52.1 Å². The molecule has 1 N–H and O–H groups in total.